The largest absolute Gasteiger partial charge is 0.309 e. The third-order valence-corrected chi connectivity index (χ3v) is 9.38. The van der Waals surface area contributed by atoms with Crippen LogP contribution in [0, 0.1) is 17.9 Å². The maximum atomic E-state index is 10.1. The number of para-hydroxylation sites is 3. The summed E-state index contributed by atoms with van der Waals surface area (Å²) in [5, 5.41) is 14.9. The lowest BCUT2D eigenvalue weighted by molar-refractivity contribution is 1.17. The van der Waals surface area contributed by atoms with Crippen molar-refractivity contribution >= 4 is 49.3 Å². The van der Waals surface area contributed by atoms with E-state index in [1.807, 2.05) is 18.2 Å². The maximum absolute atomic E-state index is 10.1. The summed E-state index contributed by atoms with van der Waals surface area (Å²) >= 11 is 0. The Bertz CT molecular complexity index is 2760. The van der Waals surface area contributed by atoms with E-state index in [0.29, 0.717) is 16.8 Å². The normalized spacial score (nSPS) is 11.3. The Morgan fingerprint density at radius 1 is 0.521 bits per heavy atom. The quantitative estimate of drug-likeness (QED) is 0.183. The Hall–Kier alpha value is -6.88. The molecule has 0 bridgehead atoms. The van der Waals surface area contributed by atoms with Crippen LogP contribution < -0.4 is 0 Å². The Morgan fingerprint density at radius 3 is 1.96 bits per heavy atom. The smallest absolute Gasteiger partial charge is 0.196 e. The van der Waals surface area contributed by atoms with E-state index < -0.39 is 0 Å². The Morgan fingerprint density at radius 2 is 1.21 bits per heavy atom. The molecule has 222 valence electrons. The number of benzene rings is 7. The fourth-order valence-corrected chi connectivity index (χ4v) is 7.39. The Labute approximate surface area is 277 Å². The van der Waals surface area contributed by atoms with Crippen molar-refractivity contribution in [3.05, 3.63) is 175 Å². The lowest BCUT2D eigenvalue weighted by Gasteiger charge is -2.17. The lowest BCUT2D eigenvalue weighted by Crippen LogP contribution is -1.97. The van der Waals surface area contributed by atoms with E-state index in [-0.39, 0.29) is 0 Å². The minimum absolute atomic E-state index is 0.464. The van der Waals surface area contributed by atoms with Crippen LogP contribution in [-0.4, -0.2) is 9.13 Å². The number of nitrogens with zero attached hydrogens (tertiary/aromatic N) is 4. The summed E-state index contributed by atoms with van der Waals surface area (Å²) in [6.07, 6.45) is 0. The van der Waals surface area contributed by atoms with Crippen LogP contribution in [0.1, 0.15) is 5.56 Å². The second-order valence-corrected chi connectivity index (χ2v) is 11.9. The number of aromatic nitrogens is 2. The van der Waals surface area contributed by atoms with Crippen molar-refractivity contribution in [1.82, 2.24) is 9.13 Å². The van der Waals surface area contributed by atoms with Crippen LogP contribution in [0.15, 0.2) is 158 Å². The molecule has 7 aromatic carbocycles. The first-order valence-electron chi connectivity index (χ1n) is 15.9. The number of hydrogen-bond acceptors (Lipinski definition) is 1. The van der Waals surface area contributed by atoms with Crippen LogP contribution in [0.25, 0.3) is 82.1 Å². The molecule has 0 aliphatic rings. The predicted molar refractivity (Wildman–Crippen MR) is 197 cm³/mol. The van der Waals surface area contributed by atoms with E-state index in [2.05, 4.69) is 141 Å². The van der Waals surface area contributed by atoms with Gasteiger partial charge in [0.25, 0.3) is 0 Å². The maximum Gasteiger partial charge on any atom is 0.196 e. The first kappa shape index (κ1) is 27.4. The zero-order valence-electron chi connectivity index (χ0n) is 25.8. The van der Waals surface area contributed by atoms with Crippen molar-refractivity contribution in [3.63, 3.8) is 0 Å². The summed E-state index contributed by atoms with van der Waals surface area (Å²) in [6, 6.07) is 56.7. The SMILES string of the molecule is [C-]#[N+]c1cccc(C#N)c1-c1ccc(-n2c3ccccc3c3ccc4c(c5ccccc5n4-c4ccccc4)c32)cc1-c1ccccc1. The molecule has 4 nitrogen and oxygen atoms in total. The third kappa shape index (κ3) is 4.01. The minimum Gasteiger partial charge on any atom is -0.309 e. The van der Waals surface area contributed by atoms with Gasteiger partial charge in [0.15, 0.2) is 5.69 Å². The van der Waals surface area contributed by atoms with Crippen LogP contribution in [0.4, 0.5) is 5.69 Å². The molecule has 0 radical (unpaired) electrons. The Balaban J connectivity index is 1.43. The van der Waals surface area contributed by atoms with E-state index >= 15 is 0 Å². The molecule has 2 aromatic heterocycles. The molecule has 0 aliphatic heterocycles. The molecule has 0 unspecified atom stereocenters. The first-order valence-corrected chi connectivity index (χ1v) is 15.9. The molecule has 0 atom stereocenters. The summed E-state index contributed by atoms with van der Waals surface area (Å²) in [7, 11) is 0. The number of nitriles is 1. The molecule has 0 N–H and O–H groups in total. The van der Waals surface area contributed by atoms with E-state index in [1.54, 1.807) is 18.2 Å². The molecule has 0 amide bonds. The van der Waals surface area contributed by atoms with Crippen LogP contribution in [-0.2, 0) is 0 Å². The van der Waals surface area contributed by atoms with E-state index in [4.69, 9.17) is 6.57 Å². The highest BCUT2D eigenvalue weighted by molar-refractivity contribution is 6.26. The van der Waals surface area contributed by atoms with Crippen molar-refractivity contribution in [2.24, 2.45) is 0 Å². The number of hydrogen-bond donors (Lipinski definition) is 0. The fourth-order valence-electron chi connectivity index (χ4n) is 7.39. The zero-order chi connectivity index (χ0) is 32.2. The molecular formula is C44H26N4. The van der Waals surface area contributed by atoms with Gasteiger partial charge in [-0.2, -0.15) is 5.26 Å². The van der Waals surface area contributed by atoms with Crippen LogP contribution >= 0.6 is 0 Å². The molecule has 2 heterocycles. The molecule has 0 spiro atoms. The average molecular weight is 611 g/mol. The standard InChI is InChI=1S/C44H26N4/c1-46-38-20-12-15-30(28-45)42(38)34-24-23-32(27-37(34)29-13-4-2-5-14-29)48-39-21-10-8-18-33(39)35-25-26-41-43(44(35)48)36-19-9-11-22-40(36)47(41)31-16-6-3-7-17-31/h2-27H. The summed E-state index contributed by atoms with van der Waals surface area (Å²) < 4.78 is 4.74. The Kier molecular flexibility index (Phi) is 6.22. The van der Waals surface area contributed by atoms with Gasteiger partial charge in [-0.25, -0.2) is 4.85 Å². The number of fused-ring (bicyclic) bond motifs is 7. The van der Waals surface area contributed by atoms with Gasteiger partial charge in [-0.3, -0.25) is 0 Å². The summed E-state index contributed by atoms with van der Waals surface area (Å²) in [4.78, 5) is 3.83. The highest BCUT2D eigenvalue weighted by Crippen LogP contribution is 2.44. The molecule has 0 saturated heterocycles. The predicted octanol–water partition coefficient (Wildman–Crippen LogP) is 11.6. The van der Waals surface area contributed by atoms with Gasteiger partial charge in [0.05, 0.1) is 34.7 Å². The highest BCUT2D eigenvalue weighted by atomic mass is 15.0. The van der Waals surface area contributed by atoms with E-state index in [0.717, 1.165) is 50.1 Å². The lowest BCUT2D eigenvalue weighted by atomic mass is 9.90. The highest BCUT2D eigenvalue weighted by Gasteiger charge is 2.22. The van der Waals surface area contributed by atoms with Gasteiger partial charge < -0.3 is 9.13 Å². The monoisotopic (exact) mass is 610 g/mol. The minimum atomic E-state index is 0.464. The molecular weight excluding hydrogens is 585 g/mol. The first-order chi connectivity index (χ1) is 23.8. The van der Waals surface area contributed by atoms with Gasteiger partial charge in [0, 0.05) is 44.0 Å². The van der Waals surface area contributed by atoms with Gasteiger partial charge >= 0.3 is 0 Å². The van der Waals surface area contributed by atoms with Gasteiger partial charge in [0.2, 0.25) is 0 Å². The van der Waals surface area contributed by atoms with Crippen LogP contribution in [0.3, 0.4) is 0 Å². The van der Waals surface area contributed by atoms with Crippen LogP contribution in [0.2, 0.25) is 0 Å². The van der Waals surface area contributed by atoms with Crippen LogP contribution in [0.5, 0.6) is 0 Å². The molecule has 48 heavy (non-hydrogen) atoms. The molecule has 9 rings (SSSR count). The second kappa shape index (κ2) is 10.9. The van der Waals surface area contributed by atoms with Crippen molar-refractivity contribution in [1.29, 1.82) is 5.26 Å². The second-order valence-electron chi connectivity index (χ2n) is 11.9. The fraction of sp³-hybridized carbons (Fsp3) is 0. The van der Waals surface area contributed by atoms with Crippen molar-refractivity contribution in [2.75, 3.05) is 0 Å². The topological polar surface area (TPSA) is 38.0 Å². The van der Waals surface area contributed by atoms with Crippen molar-refractivity contribution in [2.45, 2.75) is 0 Å². The van der Waals surface area contributed by atoms with Gasteiger partial charge in [-0.15, -0.1) is 0 Å². The molecule has 0 fully saturated rings. The molecule has 0 saturated carbocycles. The molecule has 9 aromatic rings. The van der Waals surface area contributed by atoms with Gasteiger partial charge in [-0.05, 0) is 65.2 Å². The van der Waals surface area contributed by atoms with Crippen molar-refractivity contribution < 1.29 is 0 Å². The van der Waals surface area contributed by atoms with Crippen molar-refractivity contribution in [3.8, 4) is 39.7 Å². The third-order valence-electron chi connectivity index (χ3n) is 9.38. The van der Waals surface area contributed by atoms with Gasteiger partial charge in [0.1, 0.15) is 0 Å². The molecule has 4 heteroatoms. The average Bonchev–Trinajstić information content (AvgIpc) is 3.68. The van der Waals surface area contributed by atoms with E-state index in [1.165, 1.54) is 21.5 Å². The number of rotatable bonds is 4. The molecule has 0 aliphatic carbocycles. The van der Waals surface area contributed by atoms with Gasteiger partial charge in [-0.1, -0.05) is 109 Å². The summed E-state index contributed by atoms with van der Waals surface area (Å²) in [6.45, 7) is 7.93. The van der Waals surface area contributed by atoms with E-state index in [9.17, 15) is 5.26 Å². The summed E-state index contributed by atoms with van der Waals surface area (Å²) in [5.74, 6) is 0. The summed E-state index contributed by atoms with van der Waals surface area (Å²) in [5.41, 5.74) is 11.1. The zero-order valence-corrected chi connectivity index (χ0v) is 25.8.